The van der Waals surface area contributed by atoms with E-state index in [1.165, 1.54) is 11.9 Å². The third-order valence-corrected chi connectivity index (χ3v) is 7.63. The zero-order valence-electron chi connectivity index (χ0n) is 20.4. The van der Waals surface area contributed by atoms with E-state index in [9.17, 15) is 4.57 Å². The summed E-state index contributed by atoms with van der Waals surface area (Å²) in [5.41, 5.74) is 3.18. The standard InChI is InChI=1S/C26H29N8OP/c1-36(2,35)23-10-8-22(9-11-23)31-24-29-19-30-26(32-24)34-14-12-33(13-15-34)25-27-17-21(18-28-25)16-20-6-4-3-5-7-20/h3-11,17-19H,12-16H2,1-2H3,(H,29,30,31,32). The van der Waals surface area contributed by atoms with Crippen molar-refractivity contribution in [2.24, 2.45) is 0 Å². The molecule has 0 bridgehead atoms. The number of anilines is 4. The maximum atomic E-state index is 12.2. The second-order valence-corrected chi connectivity index (χ2v) is 12.4. The van der Waals surface area contributed by atoms with Crippen LogP contribution in [0.15, 0.2) is 73.3 Å². The maximum absolute atomic E-state index is 12.2. The lowest BCUT2D eigenvalue weighted by atomic mass is 10.1. The summed E-state index contributed by atoms with van der Waals surface area (Å²) in [5, 5.41) is 4.05. The Hall–Kier alpha value is -3.84. The van der Waals surface area contributed by atoms with E-state index >= 15 is 0 Å². The van der Waals surface area contributed by atoms with Crippen LogP contribution in [0.25, 0.3) is 0 Å². The van der Waals surface area contributed by atoms with E-state index in [0.717, 1.165) is 55.1 Å². The first-order chi connectivity index (χ1) is 17.4. The lowest BCUT2D eigenvalue weighted by molar-refractivity contribution is 0.588. The lowest BCUT2D eigenvalue weighted by Gasteiger charge is -2.34. The van der Waals surface area contributed by atoms with Crippen LogP contribution in [0.1, 0.15) is 11.1 Å². The average Bonchev–Trinajstić information content (AvgIpc) is 2.90. The molecule has 0 aliphatic carbocycles. The lowest BCUT2D eigenvalue weighted by Crippen LogP contribution is -2.47. The summed E-state index contributed by atoms with van der Waals surface area (Å²) >= 11 is 0. The fourth-order valence-electron chi connectivity index (χ4n) is 4.07. The number of aromatic nitrogens is 5. The SMILES string of the molecule is CP(C)(=O)c1ccc(Nc2ncnc(N3CCN(c4ncc(Cc5ccccc5)cn4)CC3)n2)cc1. The number of hydrogen-bond donors (Lipinski definition) is 1. The summed E-state index contributed by atoms with van der Waals surface area (Å²) in [6.45, 7) is 6.61. The molecule has 10 heteroatoms. The number of nitrogens with one attached hydrogen (secondary N) is 1. The minimum Gasteiger partial charge on any atom is -0.337 e. The van der Waals surface area contributed by atoms with Crippen molar-refractivity contribution in [2.45, 2.75) is 6.42 Å². The molecule has 4 aromatic rings. The Kier molecular flexibility index (Phi) is 6.91. The molecular weight excluding hydrogens is 471 g/mol. The van der Waals surface area contributed by atoms with E-state index in [1.54, 1.807) is 13.3 Å². The van der Waals surface area contributed by atoms with Crippen LogP contribution in [-0.2, 0) is 11.0 Å². The Labute approximate surface area is 211 Å². The fourth-order valence-corrected chi connectivity index (χ4v) is 4.94. The van der Waals surface area contributed by atoms with Crippen molar-refractivity contribution in [3.8, 4) is 0 Å². The van der Waals surface area contributed by atoms with Gasteiger partial charge < -0.3 is 19.7 Å². The second kappa shape index (κ2) is 10.4. The van der Waals surface area contributed by atoms with Gasteiger partial charge in [0.2, 0.25) is 17.8 Å². The summed E-state index contributed by atoms with van der Waals surface area (Å²) in [5.74, 6) is 1.86. The van der Waals surface area contributed by atoms with Crippen LogP contribution in [0, 0.1) is 0 Å². The molecule has 0 atom stereocenters. The maximum Gasteiger partial charge on any atom is 0.231 e. The number of piperazine rings is 1. The molecule has 9 nitrogen and oxygen atoms in total. The largest absolute Gasteiger partial charge is 0.337 e. The average molecular weight is 501 g/mol. The molecule has 0 amide bonds. The Morgan fingerprint density at radius 2 is 1.42 bits per heavy atom. The van der Waals surface area contributed by atoms with Gasteiger partial charge in [-0.1, -0.05) is 30.3 Å². The van der Waals surface area contributed by atoms with E-state index in [1.807, 2.05) is 54.9 Å². The van der Waals surface area contributed by atoms with Gasteiger partial charge in [0.05, 0.1) is 0 Å². The number of benzene rings is 2. The Morgan fingerprint density at radius 1 is 0.778 bits per heavy atom. The molecule has 3 heterocycles. The first-order valence-electron chi connectivity index (χ1n) is 11.9. The minimum absolute atomic E-state index is 0.476. The number of nitrogens with zero attached hydrogens (tertiary/aromatic N) is 7. The van der Waals surface area contributed by atoms with Crippen LogP contribution >= 0.6 is 7.14 Å². The quantitative estimate of drug-likeness (QED) is 0.382. The van der Waals surface area contributed by atoms with Crippen molar-refractivity contribution in [3.63, 3.8) is 0 Å². The molecule has 36 heavy (non-hydrogen) atoms. The van der Waals surface area contributed by atoms with E-state index in [4.69, 9.17) is 0 Å². The highest BCUT2D eigenvalue weighted by molar-refractivity contribution is 7.70. The molecular formula is C26H29N8OP. The van der Waals surface area contributed by atoms with Gasteiger partial charge in [0.1, 0.15) is 13.5 Å². The van der Waals surface area contributed by atoms with Gasteiger partial charge in [-0.15, -0.1) is 0 Å². The predicted molar refractivity (Wildman–Crippen MR) is 144 cm³/mol. The third kappa shape index (κ3) is 5.86. The van der Waals surface area contributed by atoms with E-state index in [-0.39, 0.29) is 0 Å². The van der Waals surface area contributed by atoms with E-state index < -0.39 is 7.14 Å². The third-order valence-electron chi connectivity index (χ3n) is 6.09. The monoisotopic (exact) mass is 500 g/mol. The molecule has 184 valence electrons. The van der Waals surface area contributed by atoms with Gasteiger partial charge in [0, 0.05) is 56.0 Å². The molecule has 0 unspecified atom stereocenters. The van der Waals surface area contributed by atoms with Gasteiger partial charge in [-0.2, -0.15) is 4.98 Å². The Morgan fingerprint density at radius 3 is 2.06 bits per heavy atom. The highest BCUT2D eigenvalue weighted by Crippen LogP contribution is 2.34. The zero-order chi connectivity index (χ0) is 25.0. The molecule has 0 radical (unpaired) electrons. The Bertz CT molecular complexity index is 1330. The normalized spacial score (nSPS) is 14.1. The van der Waals surface area contributed by atoms with Crippen LogP contribution in [0.2, 0.25) is 0 Å². The molecule has 1 saturated heterocycles. The van der Waals surface area contributed by atoms with Crippen LogP contribution in [0.4, 0.5) is 23.5 Å². The van der Waals surface area contributed by atoms with Crippen molar-refractivity contribution in [1.29, 1.82) is 0 Å². The van der Waals surface area contributed by atoms with Crippen LogP contribution < -0.4 is 20.4 Å². The summed E-state index contributed by atoms with van der Waals surface area (Å²) in [4.78, 5) is 26.8. The van der Waals surface area contributed by atoms with Crippen molar-refractivity contribution in [2.75, 3.05) is 54.6 Å². The van der Waals surface area contributed by atoms with Crippen molar-refractivity contribution in [1.82, 2.24) is 24.9 Å². The topological polar surface area (TPSA) is 100 Å². The van der Waals surface area contributed by atoms with Gasteiger partial charge in [0.15, 0.2) is 0 Å². The first kappa shape index (κ1) is 23.9. The van der Waals surface area contributed by atoms with Gasteiger partial charge in [-0.05, 0) is 48.7 Å². The van der Waals surface area contributed by atoms with Crippen LogP contribution in [0.3, 0.4) is 0 Å². The first-order valence-corrected chi connectivity index (χ1v) is 14.5. The zero-order valence-corrected chi connectivity index (χ0v) is 21.3. The minimum atomic E-state index is -2.28. The summed E-state index contributed by atoms with van der Waals surface area (Å²) in [6, 6.07) is 17.9. The molecule has 0 saturated carbocycles. The van der Waals surface area contributed by atoms with E-state index in [2.05, 4.69) is 52.2 Å². The molecule has 2 aromatic carbocycles. The molecule has 0 spiro atoms. The summed E-state index contributed by atoms with van der Waals surface area (Å²) in [6.07, 6.45) is 6.18. The fraction of sp³-hybridized carbons (Fsp3) is 0.269. The summed E-state index contributed by atoms with van der Waals surface area (Å²) < 4.78 is 12.2. The van der Waals surface area contributed by atoms with Crippen molar-refractivity contribution in [3.05, 3.63) is 84.4 Å². The van der Waals surface area contributed by atoms with Crippen molar-refractivity contribution < 1.29 is 4.57 Å². The smallest absolute Gasteiger partial charge is 0.231 e. The second-order valence-electron chi connectivity index (χ2n) is 9.16. The number of rotatable bonds is 7. The van der Waals surface area contributed by atoms with Crippen molar-refractivity contribution >= 4 is 36.0 Å². The number of hydrogen-bond acceptors (Lipinski definition) is 9. The van der Waals surface area contributed by atoms with Gasteiger partial charge >= 0.3 is 0 Å². The summed E-state index contributed by atoms with van der Waals surface area (Å²) in [7, 11) is -2.28. The molecule has 5 rings (SSSR count). The molecule has 1 N–H and O–H groups in total. The van der Waals surface area contributed by atoms with Gasteiger partial charge in [-0.25, -0.2) is 19.9 Å². The Balaban J connectivity index is 1.18. The molecule has 1 aliphatic heterocycles. The molecule has 1 fully saturated rings. The van der Waals surface area contributed by atoms with E-state index in [0.29, 0.717) is 11.9 Å². The molecule has 1 aliphatic rings. The van der Waals surface area contributed by atoms with Gasteiger partial charge in [0.25, 0.3) is 0 Å². The predicted octanol–water partition coefficient (Wildman–Crippen LogP) is 3.57. The van der Waals surface area contributed by atoms with Crippen LogP contribution in [0.5, 0.6) is 0 Å². The van der Waals surface area contributed by atoms with Gasteiger partial charge in [-0.3, -0.25) is 0 Å². The molecule has 2 aromatic heterocycles. The highest BCUT2D eigenvalue weighted by Gasteiger charge is 2.21. The highest BCUT2D eigenvalue weighted by atomic mass is 31.2. The van der Waals surface area contributed by atoms with Crippen LogP contribution in [-0.4, -0.2) is 64.4 Å².